The number of carbonyl (C=O) groups excluding carboxylic acids is 2. The molecule has 2 amide bonds. The summed E-state index contributed by atoms with van der Waals surface area (Å²) in [6, 6.07) is 19.2. The third-order valence-corrected chi connectivity index (χ3v) is 6.01. The van der Waals surface area contributed by atoms with Crippen molar-refractivity contribution in [1.82, 2.24) is 20.3 Å². The zero-order valence-corrected chi connectivity index (χ0v) is 20.8. The first kappa shape index (κ1) is 24.1. The number of hydrogen-bond donors (Lipinski definition) is 1. The van der Waals surface area contributed by atoms with Crippen molar-refractivity contribution in [1.29, 1.82) is 0 Å². The van der Waals surface area contributed by atoms with Gasteiger partial charge in [-0.25, -0.2) is 4.68 Å². The normalized spacial score (nSPS) is 12.0. The molecular formula is C28H27N5O4. The van der Waals surface area contributed by atoms with Crippen molar-refractivity contribution in [2.75, 3.05) is 4.90 Å². The first-order chi connectivity index (χ1) is 17.9. The number of amides is 2. The fourth-order valence-corrected chi connectivity index (χ4v) is 4.42. The van der Waals surface area contributed by atoms with E-state index in [1.807, 2.05) is 56.3 Å². The Balaban J connectivity index is 1.57. The number of nitrogens with zero attached hydrogens (tertiary/aromatic N) is 4. The van der Waals surface area contributed by atoms with Gasteiger partial charge in [-0.15, -0.1) is 5.10 Å². The molecule has 188 valence electrons. The Morgan fingerprint density at radius 1 is 1.00 bits per heavy atom. The molecule has 5 rings (SSSR count). The maximum Gasteiger partial charge on any atom is 0.251 e. The number of rotatable bonds is 8. The second kappa shape index (κ2) is 10.1. The van der Waals surface area contributed by atoms with Gasteiger partial charge in [-0.05, 0) is 80.4 Å². The first-order valence-corrected chi connectivity index (χ1v) is 11.9. The predicted octanol–water partition coefficient (Wildman–Crippen LogP) is 4.63. The number of aromatic nitrogens is 3. The summed E-state index contributed by atoms with van der Waals surface area (Å²) in [6.07, 6.45) is 1.54. The van der Waals surface area contributed by atoms with E-state index < -0.39 is 11.9 Å². The number of aryl methyl sites for hydroxylation is 3. The lowest BCUT2D eigenvalue weighted by molar-refractivity contribution is -0.127. The van der Waals surface area contributed by atoms with Crippen molar-refractivity contribution < 1.29 is 18.4 Å². The van der Waals surface area contributed by atoms with Gasteiger partial charge in [0.05, 0.1) is 18.3 Å². The smallest absolute Gasteiger partial charge is 0.251 e. The van der Waals surface area contributed by atoms with Crippen LogP contribution < -0.4 is 10.2 Å². The molecule has 1 N–H and O–H groups in total. The molecule has 0 saturated heterocycles. The van der Waals surface area contributed by atoms with E-state index in [2.05, 4.69) is 15.6 Å². The van der Waals surface area contributed by atoms with Crippen LogP contribution in [0, 0.1) is 20.8 Å². The SMILES string of the molecule is Cc1cc(C)cc(N(C(=O)Cn2nnc3ccccc32)[C@@H](C(=O)NCc2ccco2)c2ccc(C)o2)c1. The molecule has 9 nitrogen and oxygen atoms in total. The van der Waals surface area contributed by atoms with Crippen molar-refractivity contribution in [3.05, 3.63) is 101 Å². The molecule has 2 aromatic carbocycles. The van der Waals surface area contributed by atoms with Crippen LogP contribution in [0.1, 0.15) is 34.4 Å². The molecule has 0 spiro atoms. The van der Waals surface area contributed by atoms with E-state index in [1.54, 1.807) is 42.1 Å². The minimum absolute atomic E-state index is 0.116. The summed E-state index contributed by atoms with van der Waals surface area (Å²) in [7, 11) is 0. The average molecular weight is 498 g/mol. The number of anilines is 1. The molecule has 0 fully saturated rings. The summed E-state index contributed by atoms with van der Waals surface area (Å²) in [5, 5.41) is 11.2. The summed E-state index contributed by atoms with van der Waals surface area (Å²) in [5.41, 5.74) is 3.92. The predicted molar refractivity (Wildman–Crippen MR) is 138 cm³/mol. The highest BCUT2D eigenvalue weighted by molar-refractivity contribution is 6.01. The Bertz CT molecular complexity index is 1530. The number of hydrogen-bond acceptors (Lipinski definition) is 6. The van der Waals surface area contributed by atoms with E-state index in [-0.39, 0.29) is 19.0 Å². The van der Waals surface area contributed by atoms with Gasteiger partial charge in [0.1, 0.15) is 29.3 Å². The number of nitrogens with one attached hydrogen (secondary N) is 1. The minimum Gasteiger partial charge on any atom is -0.467 e. The molecule has 5 aromatic rings. The fraction of sp³-hybridized carbons (Fsp3) is 0.214. The Labute approximate surface area is 213 Å². The quantitative estimate of drug-likeness (QED) is 0.335. The molecular weight excluding hydrogens is 470 g/mol. The van der Waals surface area contributed by atoms with Gasteiger partial charge >= 0.3 is 0 Å². The minimum atomic E-state index is -1.06. The van der Waals surface area contributed by atoms with Crippen LogP contribution in [-0.4, -0.2) is 26.8 Å². The largest absolute Gasteiger partial charge is 0.467 e. The van der Waals surface area contributed by atoms with E-state index in [9.17, 15) is 9.59 Å². The van der Waals surface area contributed by atoms with Crippen molar-refractivity contribution >= 4 is 28.5 Å². The van der Waals surface area contributed by atoms with E-state index >= 15 is 0 Å². The zero-order valence-electron chi connectivity index (χ0n) is 20.8. The van der Waals surface area contributed by atoms with E-state index in [0.717, 1.165) is 16.6 Å². The number of furan rings is 2. The van der Waals surface area contributed by atoms with Crippen molar-refractivity contribution in [2.45, 2.75) is 39.9 Å². The molecule has 0 saturated carbocycles. The lowest BCUT2D eigenvalue weighted by atomic mass is 10.1. The molecule has 37 heavy (non-hydrogen) atoms. The van der Waals surface area contributed by atoms with Crippen LogP contribution >= 0.6 is 0 Å². The molecule has 0 aliphatic rings. The Kier molecular flexibility index (Phi) is 6.59. The van der Waals surface area contributed by atoms with Crippen LogP contribution in [-0.2, 0) is 22.7 Å². The monoisotopic (exact) mass is 497 g/mol. The van der Waals surface area contributed by atoms with Crippen LogP contribution in [0.15, 0.2) is 81.8 Å². The number of carbonyl (C=O) groups is 2. The highest BCUT2D eigenvalue weighted by Gasteiger charge is 2.35. The van der Waals surface area contributed by atoms with Crippen LogP contribution in [0.25, 0.3) is 11.0 Å². The third-order valence-electron chi connectivity index (χ3n) is 6.01. The molecule has 0 radical (unpaired) electrons. The van der Waals surface area contributed by atoms with Crippen molar-refractivity contribution in [2.24, 2.45) is 0 Å². The summed E-state index contributed by atoms with van der Waals surface area (Å²) in [6.45, 7) is 5.76. The number of para-hydroxylation sites is 1. The van der Waals surface area contributed by atoms with Crippen LogP contribution in [0.5, 0.6) is 0 Å². The molecule has 0 aliphatic heterocycles. The van der Waals surface area contributed by atoms with E-state index in [1.165, 1.54) is 4.90 Å². The molecule has 3 heterocycles. The second-order valence-electron chi connectivity index (χ2n) is 8.99. The number of fused-ring (bicyclic) bond motifs is 1. The topological polar surface area (TPSA) is 106 Å². The van der Waals surface area contributed by atoms with Crippen LogP contribution in [0.4, 0.5) is 5.69 Å². The van der Waals surface area contributed by atoms with E-state index in [0.29, 0.717) is 28.5 Å². The number of benzene rings is 2. The lowest BCUT2D eigenvalue weighted by Gasteiger charge is -2.30. The van der Waals surface area contributed by atoms with Gasteiger partial charge in [0.2, 0.25) is 5.91 Å². The molecule has 0 aliphatic carbocycles. The Morgan fingerprint density at radius 3 is 2.49 bits per heavy atom. The van der Waals surface area contributed by atoms with Gasteiger partial charge in [-0.1, -0.05) is 23.4 Å². The van der Waals surface area contributed by atoms with Crippen LogP contribution in [0.2, 0.25) is 0 Å². The van der Waals surface area contributed by atoms with Gasteiger partial charge in [0.15, 0.2) is 6.04 Å². The molecule has 9 heteroatoms. The molecule has 3 aromatic heterocycles. The van der Waals surface area contributed by atoms with E-state index in [4.69, 9.17) is 8.83 Å². The van der Waals surface area contributed by atoms with Gasteiger partial charge in [-0.3, -0.25) is 14.5 Å². The molecule has 0 unspecified atom stereocenters. The summed E-state index contributed by atoms with van der Waals surface area (Å²) in [5.74, 6) is 0.843. The summed E-state index contributed by atoms with van der Waals surface area (Å²) < 4.78 is 12.8. The maximum atomic E-state index is 14.0. The van der Waals surface area contributed by atoms with Crippen molar-refractivity contribution in [3.8, 4) is 0 Å². The molecule has 1 atom stereocenters. The highest BCUT2D eigenvalue weighted by atomic mass is 16.3. The lowest BCUT2D eigenvalue weighted by Crippen LogP contribution is -2.45. The fourth-order valence-electron chi connectivity index (χ4n) is 4.42. The summed E-state index contributed by atoms with van der Waals surface area (Å²) in [4.78, 5) is 29.2. The Morgan fingerprint density at radius 2 is 1.78 bits per heavy atom. The third kappa shape index (κ3) is 5.16. The zero-order chi connectivity index (χ0) is 25.9. The van der Waals surface area contributed by atoms with Crippen molar-refractivity contribution in [3.63, 3.8) is 0 Å². The average Bonchev–Trinajstić information content (AvgIpc) is 3.62. The van der Waals surface area contributed by atoms with Gasteiger partial charge in [0.25, 0.3) is 5.91 Å². The standard InChI is InChI=1S/C28H27N5O4/c1-18-13-19(2)15-21(14-18)33(26(34)17-32-24-9-5-4-8-23(24)30-31-32)27(25-11-10-20(3)37-25)28(35)29-16-22-7-6-12-36-22/h4-15,27H,16-17H2,1-3H3,(H,29,35)/t27-/m1/s1. The highest BCUT2D eigenvalue weighted by Crippen LogP contribution is 2.31. The van der Waals surface area contributed by atoms with Gasteiger partial charge in [0, 0.05) is 5.69 Å². The van der Waals surface area contributed by atoms with Gasteiger partial charge < -0.3 is 14.2 Å². The summed E-state index contributed by atoms with van der Waals surface area (Å²) >= 11 is 0. The Hall–Kier alpha value is -4.66. The first-order valence-electron chi connectivity index (χ1n) is 11.9. The molecule has 0 bridgehead atoms. The second-order valence-corrected chi connectivity index (χ2v) is 8.99. The maximum absolute atomic E-state index is 14.0. The van der Waals surface area contributed by atoms with Gasteiger partial charge in [-0.2, -0.15) is 0 Å². The van der Waals surface area contributed by atoms with Crippen LogP contribution in [0.3, 0.4) is 0 Å².